The number of carbonyl (C=O) groups excluding carboxylic acids is 1. The maximum Gasteiger partial charge on any atom is 0.146 e. The van der Waals surface area contributed by atoms with Gasteiger partial charge in [-0.3, -0.25) is 9.78 Å². The van der Waals surface area contributed by atoms with Crippen molar-refractivity contribution in [3.63, 3.8) is 0 Å². The summed E-state index contributed by atoms with van der Waals surface area (Å²) in [7, 11) is 0. The van der Waals surface area contributed by atoms with Crippen LogP contribution >= 0.6 is 15.9 Å². The molecule has 1 aromatic heterocycles. The first kappa shape index (κ1) is 12.0. The van der Waals surface area contributed by atoms with Gasteiger partial charge in [-0.1, -0.05) is 35.0 Å². The maximum absolute atomic E-state index is 10.8. The van der Waals surface area contributed by atoms with Crippen molar-refractivity contribution in [1.82, 2.24) is 4.98 Å². The first-order valence-corrected chi connectivity index (χ1v) is 6.24. The van der Waals surface area contributed by atoms with Crippen molar-refractivity contribution in [1.29, 1.82) is 0 Å². The van der Waals surface area contributed by atoms with Gasteiger partial charge in [0.05, 0.1) is 5.52 Å². The number of rotatable bonds is 3. The van der Waals surface area contributed by atoms with Crippen LogP contribution in [-0.4, -0.2) is 11.3 Å². The van der Waals surface area contributed by atoms with Gasteiger partial charge in [0.1, 0.15) is 6.29 Å². The Hall–Kier alpha value is -1.48. The second-order valence-electron chi connectivity index (χ2n) is 3.73. The highest BCUT2D eigenvalue weighted by molar-refractivity contribution is 9.10. The lowest BCUT2D eigenvalue weighted by molar-refractivity contribution is -0.104. The van der Waals surface area contributed by atoms with E-state index in [1.807, 2.05) is 37.3 Å². The minimum atomic E-state index is 0.730. The van der Waals surface area contributed by atoms with Crippen LogP contribution in [0.5, 0.6) is 0 Å². The van der Waals surface area contributed by atoms with Crippen molar-refractivity contribution in [2.24, 2.45) is 0 Å². The van der Waals surface area contributed by atoms with Crippen molar-refractivity contribution in [3.05, 3.63) is 46.1 Å². The first-order chi connectivity index (χ1) is 8.26. The molecule has 0 saturated heterocycles. The Bertz CT molecular complexity index is 590. The molecular formula is C14H12BrNO. The molecule has 17 heavy (non-hydrogen) atoms. The molecule has 3 heteroatoms. The highest BCUT2D eigenvalue weighted by Crippen LogP contribution is 2.26. The minimum absolute atomic E-state index is 0.730. The zero-order valence-corrected chi connectivity index (χ0v) is 11.1. The highest BCUT2D eigenvalue weighted by Gasteiger charge is 2.04. The molecule has 0 fully saturated rings. The fourth-order valence-corrected chi connectivity index (χ4v) is 2.15. The van der Waals surface area contributed by atoms with E-state index in [0.29, 0.717) is 0 Å². The molecule has 2 nitrogen and oxygen atoms in total. The van der Waals surface area contributed by atoms with E-state index in [0.717, 1.165) is 39.2 Å². The molecule has 0 spiro atoms. The van der Waals surface area contributed by atoms with Crippen LogP contribution in [0.3, 0.4) is 0 Å². The summed E-state index contributed by atoms with van der Waals surface area (Å²) in [4.78, 5) is 15.2. The average Bonchev–Trinajstić information content (AvgIpc) is 2.38. The van der Waals surface area contributed by atoms with Gasteiger partial charge in [0.25, 0.3) is 0 Å². The highest BCUT2D eigenvalue weighted by atomic mass is 79.9. The Kier molecular flexibility index (Phi) is 3.69. The number of halogens is 1. The number of fused-ring (bicyclic) bond motifs is 1. The van der Waals surface area contributed by atoms with E-state index < -0.39 is 0 Å². The molecule has 1 heterocycles. The zero-order chi connectivity index (χ0) is 12.3. The lowest BCUT2D eigenvalue weighted by Crippen LogP contribution is -1.87. The Morgan fingerprint density at radius 3 is 2.94 bits per heavy atom. The van der Waals surface area contributed by atoms with Crippen LogP contribution in [0.15, 0.2) is 40.5 Å². The van der Waals surface area contributed by atoms with Gasteiger partial charge in [-0.15, -0.1) is 0 Å². The third-order valence-corrected chi connectivity index (χ3v) is 3.34. The van der Waals surface area contributed by atoms with Crippen molar-refractivity contribution >= 4 is 39.2 Å². The van der Waals surface area contributed by atoms with Crippen LogP contribution < -0.4 is 0 Å². The number of hydrogen-bond acceptors (Lipinski definition) is 2. The van der Waals surface area contributed by atoms with Gasteiger partial charge >= 0.3 is 0 Å². The van der Waals surface area contributed by atoms with Crippen LogP contribution in [-0.2, 0) is 4.79 Å². The Morgan fingerprint density at radius 1 is 1.41 bits per heavy atom. The molecule has 0 saturated carbocycles. The molecule has 0 unspecified atom stereocenters. The predicted octanol–water partition coefficient (Wildman–Crippen LogP) is 3.99. The first-order valence-electron chi connectivity index (χ1n) is 5.45. The van der Waals surface area contributed by atoms with E-state index in [4.69, 9.17) is 0 Å². The molecule has 0 radical (unpaired) electrons. The molecule has 0 atom stereocenters. The van der Waals surface area contributed by atoms with Crippen LogP contribution in [0.1, 0.15) is 18.9 Å². The van der Waals surface area contributed by atoms with Gasteiger partial charge in [0.2, 0.25) is 0 Å². The Balaban J connectivity index is 2.67. The van der Waals surface area contributed by atoms with Crippen LogP contribution in [0.25, 0.3) is 17.0 Å². The lowest BCUT2D eigenvalue weighted by atomic mass is 10.1. The van der Waals surface area contributed by atoms with Crippen molar-refractivity contribution in [3.8, 4) is 0 Å². The fraction of sp³-hybridized carbons (Fsp3) is 0.143. The summed E-state index contributed by atoms with van der Waals surface area (Å²) in [5, 5.41) is 1.06. The van der Waals surface area contributed by atoms with Crippen molar-refractivity contribution in [2.75, 3.05) is 0 Å². The normalized spacial score (nSPS) is 11.8. The third-order valence-electron chi connectivity index (χ3n) is 2.65. The molecule has 0 aliphatic carbocycles. The summed E-state index contributed by atoms with van der Waals surface area (Å²) < 4.78 is 1.02. The van der Waals surface area contributed by atoms with Crippen molar-refractivity contribution < 1.29 is 4.79 Å². The molecule has 0 N–H and O–H groups in total. The Morgan fingerprint density at radius 2 is 2.24 bits per heavy atom. The molecule has 1 aromatic carbocycles. The maximum atomic E-state index is 10.8. The molecule has 0 aliphatic rings. The third kappa shape index (κ3) is 2.44. The van der Waals surface area contributed by atoms with Crippen LogP contribution in [0.4, 0.5) is 0 Å². The minimum Gasteiger partial charge on any atom is -0.298 e. The van der Waals surface area contributed by atoms with E-state index in [9.17, 15) is 4.79 Å². The molecule has 86 valence electrons. The molecule has 0 aliphatic heterocycles. The largest absolute Gasteiger partial charge is 0.298 e. The lowest BCUT2D eigenvalue weighted by Gasteiger charge is -2.04. The smallest absolute Gasteiger partial charge is 0.146 e. The molecule has 0 amide bonds. The summed E-state index contributed by atoms with van der Waals surface area (Å²) in [6.07, 6.45) is 5.29. The van der Waals surface area contributed by atoms with Gasteiger partial charge in [-0.05, 0) is 30.2 Å². The monoisotopic (exact) mass is 289 g/mol. The van der Waals surface area contributed by atoms with E-state index in [-0.39, 0.29) is 0 Å². The zero-order valence-electron chi connectivity index (χ0n) is 9.48. The van der Waals surface area contributed by atoms with Crippen molar-refractivity contribution in [2.45, 2.75) is 13.3 Å². The molecule has 2 aromatic rings. The van der Waals surface area contributed by atoms with Gasteiger partial charge in [-0.25, -0.2) is 0 Å². The van der Waals surface area contributed by atoms with E-state index >= 15 is 0 Å². The number of allylic oxidation sites excluding steroid dienone is 1. The summed E-state index contributed by atoms with van der Waals surface area (Å²) >= 11 is 3.50. The van der Waals surface area contributed by atoms with Gasteiger partial charge < -0.3 is 0 Å². The number of aromatic nitrogens is 1. The number of benzene rings is 1. The number of hydrogen-bond donors (Lipinski definition) is 0. The Labute approximate surface area is 108 Å². The number of pyridine rings is 1. The van der Waals surface area contributed by atoms with E-state index in [2.05, 4.69) is 20.9 Å². The molecule has 0 bridgehead atoms. The average molecular weight is 290 g/mol. The molecule has 2 rings (SSSR count). The standard InChI is InChI=1S/C14H12BrNO/c1-2-10(9-17)8-11-5-6-13(15)12-4-3-7-16-14(11)12/h3-9H,2H2,1H3/b10-8-. The summed E-state index contributed by atoms with van der Waals surface area (Å²) in [5.74, 6) is 0. The van der Waals surface area contributed by atoms with Crippen LogP contribution in [0.2, 0.25) is 0 Å². The fourth-order valence-electron chi connectivity index (χ4n) is 1.70. The summed E-state index contributed by atoms with van der Waals surface area (Å²) in [6, 6.07) is 7.86. The van der Waals surface area contributed by atoms with Gasteiger partial charge in [0, 0.05) is 21.6 Å². The molecular weight excluding hydrogens is 278 g/mol. The second-order valence-corrected chi connectivity index (χ2v) is 4.58. The van der Waals surface area contributed by atoms with Crippen LogP contribution in [0, 0.1) is 0 Å². The quantitative estimate of drug-likeness (QED) is 0.632. The number of carbonyl (C=O) groups is 1. The summed E-state index contributed by atoms with van der Waals surface area (Å²) in [5.41, 5.74) is 2.67. The number of nitrogens with zero attached hydrogens (tertiary/aromatic N) is 1. The topological polar surface area (TPSA) is 30.0 Å². The summed E-state index contributed by atoms with van der Waals surface area (Å²) in [6.45, 7) is 1.97. The number of aldehydes is 1. The van der Waals surface area contributed by atoms with E-state index in [1.165, 1.54) is 0 Å². The van der Waals surface area contributed by atoms with Gasteiger partial charge in [0.15, 0.2) is 0 Å². The van der Waals surface area contributed by atoms with Gasteiger partial charge in [-0.2, -0.15) is 0 Å². The predicted molar refractivity (Wildman–Crippen MR) is 73.8 cm³/mol. The second kappa shape index (κ2) is 5.23. The van der Waals surface area contributed by atoms with E-state index in [1.54, 1.807) is 6.20 Å². The SMILES string of the molecule is CC/C(C=O)=C/c1ccc(Br)c2cccnc12.